The van der Waals surface area contributed by atoms with Gasteiger partial charge in [0.05, 0.1) is 29.2 Å². The Morgan fingerprint density at radius 1 is 0.443 bits per heavy atom. The van der Waals surface area contributed by atoms with Crippen molar-refractivity contribution in [2.45, 2.75) is 0 Å². The van der Waals surface area contributed by atoms with Crippen LogP contribution in [0.5, 0.6) is 0 Å². The molecule has 0 saturated carbocycles. The van der Waals surface area contributed by atoms with E-state index in [1.807, 2.05) is 48.5 Å². The molecule has 0 aliphatic rings. The summed E-state index contributed by atoms with van der Waals surface area (Å²) in [6.07, 6.45) is 0. The van der Waals surface area contributed by atoms with Crippen molar-refractivity contribution in [3.8, 4) is 22.9 Å². The molecule has 0 fully saturated rings. The maximum atomic E-state index is 9.45. The van der Waals surface area contributed by atoms with Crippen LogP contribution in [0.2, 0.25) is 0 Å². The van der Waals surface area contributed by atoms with Gasteiger partial charge in [0.1, 0.15) is 0 Å². The van der Waals surface area contributed by atoms with E-state index < -0.39 is 13.3 Å². The number of nitriles is 1. The summed E-state index contributed by atoms with van der Waals surface area (Å²) in [7, 11) is 0. The van der Waals surface area contributed by atoms with E-state index in [1.165, 1.54) is 17.6 Å². The Morgan fingerprint density at radius 2 is 0.902 bits per heavy atom. The molecule has 10 aromatic rings. The summed E-state index contributed by atoms with van der Waals surface area (Å²) in [6, 6.07) is 84.3. The molecule has 9 aromatic carbocycles. The number of nitrogens with zero attached hydrogens (tertiary/aromatic N) is 4. The van der Waals surface area contributed by atoms with Crippen molar-refractivity contribution in [3.63, 3.8) is 0 Å². The maximum absolute atomic E-state index is 9.45. The minimum atomic E-state index is -3.37. The Balaban J connectivity index is 1.06. The van der Waals surface area contributed by atoms with E-state index >= 15 is 0 Å². The van der Waals surface area contributed by atoms with Gasteiger partial charge in [-0.25, -0.2) is 4.85 Å². The molecule has 0 saturated heterocycles. The minimum absolute atomic E-state index is 0.600. The van der Waals surface area contributed by atoms with Gasteiger partial charge in [-0.1, -0.05) is 18.2 Å². The van der Waals surface area contributed by atoms with E-state index in [4.69, 9.17) is 6.57 Å². The van der Waals surface area contributed by atoms with E-state index in [0.29, 0.717) is 11.3 Å². The number of para-hydroxylation sites is 1. The van der Waals surface area contributed by atoms with Crippen molar-refractivity contribution in [2.75, 3.05) is 4.90 Å². The normalized spacial score (nSPS) is 11.2. The van der Waals surface area contributed by atoms with Gasteiger partial charge in [-0.2, -0.15) is 5.26 Å². The summed E-state index contributed by atoms with van der Waals surface area (Å²) in [6.45, 7) is 7.59. The molecule has 4 nitrogen and oxygen atoms in total. The molecule has 0 unspecified atom stereocenters. The van der Waals surface area contributed by atoms with E-state index in [-0.39, 0.29) is 0 Å². The van der Waals surface area contributed by atoms with Gasteiger partial charge in [-0.3, -0.25) is 0 Å². The van der Waals surface area contributed by atoms with Crippen LogP contribution >= 0.6 is 0 Å². The Bertz CT molecular complexity index is 3120. The van der Waals surface area contributed by atoms with Gasteiger partial charge in [0.15, 0.2) is 5.69 Å². The zero-order chi connectivity index (χ0) is 41.2. The third kappa shape index (κ3) is 6.66. The number of benzene rings is 9. The summed E-state index contributed by atoms with van der Waals surface area (Å²) in [5.41, 5.74) is 9.69. The van der Waals surface area contributed by atoms with E-state index in [9.17, 15) is 5.26 Å². The number of hydrogen-bond donors (Lipinski definition) is 0. The van der Waals surface area contributed by atoms with Crippen molar-refractivity contribution in [1.29, 1.82) is 5.26 Å². The molecular weight excluding hydrogens is 801 g/mol. The number of rotatable bonds is 9. The predicted octanol–water partition coefficient (Wildman–Crippen LogP) is 11.7. The summed E-state index contributed by atoms with van der Waals surface area (Å²) < 4.78 is 7.85. The Morgan fingerprint density at radius 3 is 1.44 bits per heavy atom. The van der Waals surface area contributed by atoms with Crippen molar-refractivity contribution >= 4 is 75.4 Å². The average molecular weight is 840 g/mol. The molecule has 0 radical (unpaired) electrons. The zero-order valence-corrected chi connectivity index (χ0v) is 35.3. The molecule has 286 valence electrons. The van der Waals surface area contributed by atoms with Gasteiger partial charge in [0.2, 0.25) is 0 Å². The first-order valence-electron chi connectivity index (χ1n) is 20.3. The first-order valence-corrected chi connectivity index (χ1v) is 24.5. The third-order valence-corrected chi connectivity index (χ3v) is 21.9. The molecule has 5 heteroatoms. The van der Waals surface area contributed by atoms with Gasteiger partial charge in [0.25, 0.3) is 0 Å². The summed E-state index contributed by atoms with van der Waals surface area (Å²) in [5, 5.41) is 11.7. The first-order chi connectivity index (χ1) is 30.1. The van der Waals surface area contributed by atoms with Gasteiger partial charge >= 0.3 is 251 Å². The molecule has 0 aliphatic heterocycles. The van der Waals surface area contributed by atoms with E-state index in [2.05, 4.69) is 202 Å². The molecule has 10 rings (SSSR count). The molecule has 0 spiro atoms. The van der Waals surface area contributed by atoms with Gasteiger partial charge in [-0.05, 0) is 30.3 Å². The van der Waals surface area contributed by atoms with Crippen LogP contribution < -0.4 is 22.5 Å². The topological polar surface area (TPSA) is 36.3 Å². The third-order valence-electron chi connectivity index (χ3n) is 11.8. The quantitative estimate of drug-likeness (QED) is 0.107. The predicted molar refractivity (Wildman–Crippen MR) is 255 cm³/mol. The standard InChI is InChI=1S/C56H38GeN4/c1-59-48-29-35-50(36-30-48)60(52-37-38-56-54(39-52)53-19-11-12-20-55(53)61(56)51-31-21-41(40-58)22-32-51)49-33-25-43(26-34-49)42-23-27-47(28-24-42)57(44-13-5-2-6-14-44,45-15-7-3-8-16-45)46-17-9-4-10-18-46/h2-39H. The van der Waals surface area contributed by atoms with Crippen molar-refractivity contribution in [3.05, 3.63) is 248 Å². The molecular formula is C56H38GeN4. The van der Waals surface area contributed by atoms with E-state index in [1.54, 1.807) is 0 Å². The van der Waals surface area contributed by atoms with Crippen molar-refractivity contribution in [2.24, 2.45) is 0 Å². The molecule has 0 N–H and O–H groups in total. The summed E-state index contributed by atoms with van der Waals surface area (Å²) >= 11 is -3.37. The van der Waals surface area contributed by atoms with Crippen LogP contribution in [0, 0.1) is 17.9 Å². The summed E-state index contributed by atoms with van der Waals surface area (Å²) in [5.74, 6) is 0. The number of anilines is 3. The average Bonchev–Trinajstić information content (AvgIpc) is 3.67. The monoisotopic (exact) mass is 840 g/mol. The number of hydrogen-bond acceptors (Lipinski definition) is 2. The molecule has 0 bridgehead atoms. The van der Waals surface area contributed by atoms with Gasteiger partial charge < -0.3 is 4.57 Å². The van der Waals surface area contributed by atoms with Crippen LogP contribution in [0.4, 0.5) is 22.7 Å². The second kappa shape index (κ2) is 16.0. The second-order valence-electron chi connectivity index (χ2n) is 15.1. The molecule has 1 aromatic heterocycles. The molecule has 61 heavy (non-hydrogen) atoms. The summed E-state index contributed by atoms with van der Waals surface area (Å²) in [4.78, 5) is 5.93. The molecule has 0 amide bonds. The van der Waals surface area contributed by atoms with Crippen LogP contribution in [-0.4, -0.2) is 17.8 Å². The number of aromatic nitrogens is 1. The van der Waals surface area contributed by atoms with Crippen molar-refractivity contribution < 1.29 is 0 Å². The molecule has 0 aliphatic carbocycles. The van der Waals surface area contributed by atoms with Crippen LogP contribution in [0.15, 0.2) is 231 Å². The van der Waals surface area contributed by atoms with Gasteiger partial charge in [-0.15, -0.1) is 0 Å². The van der Waals surface area contributed by atoms with Crippen LogP contribution in [-0.2, 0) is 0 Å². The fourth-order valence-corrected chi connectivity index (χ4v) is 18.9. The fraction of sp³-hybridized carbons (Fsp3) is 0. The Hall–Kier alpha value is -7.90. The van der Waals surface area contributed by atoms with Crippen LogP contribution in [0.1, 0.15) is 5.56 Å². The fourth-order valence-electron chi connectivity index (χ4n) is 8.97. The zero-order valence-electron chi connectivity index (χ0n) is 33.2. The van der Waals surface area contributed by atoms with Crippen LogP contribution in [0.3, 0.4) is 0 Å². The molecule has 0 atom stereocenters. The first kappa shape index (κ1) is 37.4. The van der Waals surface area contributed by atoms with Crippen LogP contribution in [0.25, 0.3) is 43.5 Å². The SMILES string of the molecule is [C-]#[N+]c1ccc(N(c2ccc(-c3cc[c]([Ge]([c]4ccccc4)([c]4ccccc4)[c]4ccccc4)cc3)cc2)c2ccc3c(c2)c2ccccc2n3-c2ccc(C#N)cc2)cc1. The van der Waals surface area contributed by atoms with Crippen molar-refractivity contribution in [1.82, 2.24) is 4.57 Å². The Kier molecular flexibility index (Phi) is 9.83. The molecule has 1 heterocycles. The van der Waals surface area contributed by atoms with E-state index in [0.717, 1.165) is 55.7 Å². The number of fused-ring (bicyclic) bond motifs is 3. The second-order valence-corrected chi connectivity index (χ2v) is 23.1. The van der Waals surface area contributed by atoms with Gasteiger partial charge in [0, 0.05) is 11.1 Å². The Labute approximate surface area is 358 Å².